The molecule has 3 rings (SSSR count). The topological polar surface area (TPSA) is 103 Å². The lowest BCUT2D eigenvalue weighted by atomic mass is 10.0. The Hall–Kier alpha value is -2.46. The molecular formula is C30H40ClNO7S. The van der Waals surface area contributed by atoms with Crippen LogP contribution in [-0.2, 0) is 25.5 Å². The molecule has 2 atom stereocenters. The van der Waals surface area contributed by atoms with Crippen LogP contribution in [0.25, 0.3) is 0 Å². The van der Waals surface area contributed by atoms with Crippen LogP contribution in [-0.4, -0.2) is 54.9 Å². The molecule has 8 nitrogen and oxygen atoms in total. The average Bonchev–Trinajstić information content (AvgIpc) is 3.35. The average molecular weight is 594 g/mol. The molecule has 0 bridgehead atoms. The lowest BCUT2D eigenvalue weighted by molar-refractivity contribution is -0.202. The van der Waals surface area contributed by atoms with Crippen LogP contribution >= 0.6 is 23.4 Å². The normalized spacial score (nSPS) is 14.9. The number of hydrogen-bond donors (Lipinski definition) is 2. The smallest absolute Gasteiger partial charge is 0.453 e. The molecule has 2 unspecified atom stereocenters. The zero-order chi connectivity index (χ0) is 29.1. The van der Waals surface area contributed by atoms with Crippen LogP contribution in [0.15, 0.2) is 41.3 Å². The van der Waals surface area contributed by atoms with E-state index in [-0.39, 0.29) is 30.8 Å². The molecular weight excluding hydrogens is 554 g/mol. The Kier molecular flexibility index (Phi) is 12.4. The highest BCUT2D eigenvalue weighted by Crippen LogP contribution is 2.41. The summed E-state index contributed by atoms with van der Waals surface area (Å²) in [7, 11) is 0. The zero-order valence-electron chi connectivity index (χ0n) is 23.7. The third-order valence-corrected chi connectivity index (χ3v) is 7.87. The molecule has 0 spiro atoms. The molecule has 0 saturated heterocycles. The Labute approximate surface area is 246 Å². The number of carbonyl (C=O) groups excluding carboxylic acids is 2. The van der Waals surface area contributed by atoms with Gasteiger partial charge in [0.15, 0.2) is 11.5 Å². The molecule has 2 aromatic rings. The number of aliphatic hydroxyl groups excluding tert-OH is 1. The van der Waals surface area contributed by atoms with Crippen LogP contribution in [0.5, 0.6) is 11.5 Å². The molecule has 2 N–H and O–H groups in total. The van der Waals surface area contributed by atoms with Gasteiger partial charge < -0.3 is 29.4 Å². The first-order valence-corrected chi connectivity index (χ1v) is 15.5. The largest absolute Gasteiger partial charge is 0.459 e. The van der Waals surface area contributed by atoms with Crippen molar-refractivity contribution in [2.45, 2.75) is 82.1 Å². The van der Waals surface area contributed by atoms with E-state index in [9.17, 15) is 14.7 Å². The highest BCUT2D eigenvalue weighted by atomic mass is 35.5. The molecule has 0 saturated carbocycles. The highest BCUT2D eigenvalue weighted by Gasteiger charge is 2.59. The number of halogens is 1. The van der Waals surface area contributed by atoms with Crippen molar-refractivity contribution >= 4 is 35.3 Å². The third-order valence-electron chi connectivity index (χ3n) is 6.65. The van der Waals surface area contributed by atoms with Crippen molar-refractivity contribution in [3.63, 3.8) is 0 Å². The second kappa shape index (κ2) is 15.5. The summed E-state index contributed by atoms with van der Waals surface area (Å²) >= 11 is 7.74. The van der Waals surface area contributed by atoms with E-state index in [0.29, 0.717) is 30.8 Å². The quantitative estimate of drug-likeness (QED) is 0.107. The van der Waals surface area contributed by atoms with E-state index in [4.69, 9.17) is 30.5 Å². The molecule has 0 aromatic heterocycles. The minimum atomic E-state index is -2.32. The summed E-state index contributed by atoms with van der Waals surface area (Å²) < 4.78 is 22.3. The van der Waals surface area contributed by atoms with Gasteiger partial charge in [-0.05, 0) is 67.3 Å². The van der Waals surface area contributed by atoms with Crippen LogP contribution in [0.4, 0.5) is 0 Å². The Morgan fingerprint density at radius 1 is 1.00 bits per heavy atom. The van der Waals surface area contributed by atoms with E-state index in [1.165, 1.54) is 11.8 Å². The first-order chi connectivity index (χ1) is 19.3. The SMILES string of the molecule is CCCCOC(=O)C1(C(=O)OCCCC)Oc2ccc(CC(CC)NCC(O)c3ccc(Cl)c(SC)c3)cc2O1. The van der Waals surface area contributed by atoms with Gasteiger partial charge in [-0.15, -0.1) is 11.8 Å². The van der Waals surface area contributed by atoms with Gasteiger partial charge >= 0.3 is 17.7 Å². The van der Waals surface area contributed by atoms with E-state index in [1.807, 2.05) is 38.3 Å². The number of carbonyl (C=O) groups is 2. The first kappa shape index (κ1) is 32.1. The Bertz CT molecular complexity index is 1120. The molecule has 40 heavy (non-hydrogen) atoms. The molecule has 1 aliphatic rings. The second-order valence-corrected chi connectivity index (χ2v) is 11.0. The Morgan fingerprint density at radius 3 is 2.25 bits per heavy atom. The van der Waals surface area contributed by atoms with E-state index >= 15 is 0 Å². The van der Waals surface area contributed by atoms with Gasteiger partial charge in [0.05, 0.1) is 24.3 Å². The van der Waals surface area contributed by atoms with Gasteiger partial charge in [0.25, 0.3) is 0 Å². The molecule has 0 amide bonds. The molecule has 0 fully saturated rings. The number of fused-ring (bicyclic) bond motifs is 1. The number of thioether (sulfide) groups is 1. The molecule has 2 aromatic carbocycles. The fraction of sp³-hybridized carbons (Fsp3) is 0.533. The number of nitrogens with one attached hydrogen (secondary N) is 1. The van der Waals surface area contributed by atoms with E-state index in [2.05, 4.69) is 12.2 Å². The molecule has 220 valence electrons. The number of rotatable bonds is 16. The van der Waals surface area contributed by atoms with Crippen molar-refractivity contribution in [1.29, 1.82) is 0 Å². The number of ether oxygens (including phenoxy) is 4. The van der Waals surface area contributed by atoms with Crippen molar-refractivity contribution in [3.8, 4) is 11.5 Å². The first-order valence-electron chi connectivity index (χ1n) is 13.9. The summed E-state index contributed by atoms with van der Waals surface area (Å²) in [5.41, 5.74) is 1.72. The summed E-state index contributed by atoms with van der Waals surface area (Å²) in [6.07, 6.45) is 5.67. The fourth-order valence-electron chi connectivity index (χ4n) is 4.16. The van der Waals surface area contributed by atoms with Gasteiger partial charge in [-0.1, -0.05) is 57.3 Å². The van der Waals surface area contributed by atoms with Crippen molar-refractivity contribution in [2.24, 2.45) is 0 Å². The Morgan fingerprint density at radius 2 is 1.65 bits per heavy atom. The van der Waals surface area contributed by atoms with Crippen LogP contribution in [0.2, 0.25) is 5.02 Å². The molecule has 0 radical (unpaired) electrons. The molecule has 10 heteroatoms. The van der Waals surface area contributed by atoms with Crippen LogP contribution in [0, 0.1) is 0 Å². The minimum absolute atomic E-state index is 0.0603. The van der Waals surface area contributed by atoms with Crippen LogP contribution in [0.1, 0.15) is 70.1 Å². The van der Waals surface area contributed by atoms with Gasteiger partial charge in [-0.25, -0.2) is 9.59 Å². The van der Waals surface area contributed by atoms with Crippen LogP contribution in [0.3, 0.4) is 0 Å². The summed E-state index contributed by atoms with van der Waals surface area (Å²) in [5.74, 6) is -3.61. The molecule has 0 aliphatic carbocycles. The van der Waals surface area contributed by atoms with Crippen molar-refractivity contribution in [2.75, 3.05) is 26.0 Å². The van der Waals surface area contributed by atoms with E-state index in [1.54, 1.807) is 18.2 Å². The van der Waals surface area contributed by atoms with Gasteiger partial charge in [0, 0.05) is 17.5 Å². The van der Waals surface area contributed by atoms with Gasteiger partial charge in [-0.2, -0.15) is 0 Å². The van der Waals surface area contributed by atoms with Gasteiger partial charge in [-0.3, -0.25) is 0 Å². The van der Waals surface area contributed by atoms with Crippen molar-refractivity contribution in [1.82, 2.24) is 5.32 Å². The highest BCUT2D eigenvalue weighted by molar-refractivity contribution is 7.98. The lowest BCUT2D eigenvalue weighted by Crippen LogP contribution is -2.56. The predicted molar refractivity (Wildman–Crippen MR) is 156 cm³/mol. The fourth-order valence-corrected chi connectivity index (χ4v) is 5.02. The van der Waals surface area contributed by atoms with Crippen molar-refractivity contribution < 1.29 is 33.6 Å². The monoisotopic (exact) mass is 593 g/mol. The number of esters is 2. The lowest BCUT2D eigenvalue weighted by Gasteiger charge is -2.23. The maximum absolute atomic E-state index is 13.0. The van der Waals surface area contributed by atoms with Gasteiger partial charge in [0.2, 0.25) is 0 Å². The number of aliphatic hydroxyl groups is 1. The summed E-state index contributed by atoms with van der Waals surface area (Å²) in [4.78, 5) is 26.9. The number of benzene rings is 2. The standard InChI is InChI=1S/C30H40ClNO7S/c1-5-8-14-36-28(34)30(29(35)37-15-9-6-2)38-25-13-10-20(17-26(25)39-30)16-22(7-3)32-19-24(33)21-11-12-23(31)27(18-21)40-4/h10-13,17-18,22,24,32-33H,5-9,14-16,19H2,1-4H3. The van der Waals surface area contributed by atoms with E-state index < -0.39 is 23.8 Å². The predicted octanol–water partition coefficient (Wildman–Crippen LogP) is 5.86. The zero-order valence-corrected chi connectivity index (χ0v) is 25.2. The summed E-state index contributed by atoms with van der Waals surface area (Å²) in [6.45, 7) is 6.68. The maximum atomic E-state index is 13.0. The van der Waals surface area contributed by atoms with Crippen molar-refractivity contribution in [3.05, 3.63) is 52.5 Å². The molecule has 1 aliphatic heterocycles. The second-order valence-electron chi connectivity index (χ2n) is 9.71. The number of unbranched alkanes of at least 4 members (excludes halogenated alkanes) is 2. The maximum Gasteiger partial charge on any atom is 0.453 e. The van der Waals surface area contributed by atoms with E-state index in [0.717, 1.165) is 35.3 Å². The van der Waals surface area contributed by atoms with Gasteiger partial charge in [0.1, 0.15) is 0 Å². The third kappa shape index (κ3) is 8.06. The number of hydrogen-bond acceptors (Lipinski definition) is 9. The summed E-state index contributed by atoms with van der Waals surface area (Å²) in [6, 6.07) is 10.9. The molecule has 1 heterocycles. The Balaban J connectivity index is 1.68. The minimum Gasteiger partial charge on any atom is -0.459 e. The summed E-state index contributed by atoms with van der Waals surface area (Å²) in [5, 5.41) is 14.8. The van der Waals surface area contributed by atoms with Crippen LogP contribution < -0.4 is 14.8 Å².